The van der Waals surface area contributed by atoms with Crippen molar-refractivity contribution in [2.45, 2.75) is 50.6 Å². The first kappa shape index (κ1) is 16.3. The van der Waals surface area contributed by atoms with Crippen LogP contribution in [0.25, 0.3) is 0 Å². The molecule has 0 spiro atoms. The van der Waals surface area contributed by atoms with Crippen LogP contribution in [0.1, 0.15) is 55.1 Å². The van der Waals surface area contributed by atoms with E-state index in [0.29, 0.717) is 0 Å². The molecule has 0 radical (unpaired) electrons. The molecule has 1 saturated heterocycles. The van der Waals surface area contributed by atoms with Gasteiger partial charge in [-0.1, -0.05) is 18.1 Å². The Balaban J connectivity index is 1.68. The monoisotopic (exact) mass is 338 g/mol. The van der Waals surface area contributed by atoms with Crippen LogP contribution in [0, 0.1) is 5.92 Å². The number of thioether (sulfide) groups is 1. The lowest BCUT2D eigenvalue weighted by Gasteiger charge is -2.33. The van der Waals surface area contributed by atoms with E-state index in [2.05, 4.69) is 15.6 Å². The van der Waals surface area contributed by atoms with Crippen molar-refractivity contribution in [3.63, 3.8) is 0 Å². The topological polar surface area (TPSA) is 97.1 Å². The molecule has 1 amide bonds. The van der Waals surface area contributed by atoms with Crippen LogP contribution in [0.4, 0.5) is 0 Å². The summed E-state index contributed by atoms with van der Waals surface area (Å²) in [5.74, 6) is 1.20. The van der Waals surface area contributed by atoms with Crippen molar-refractivity contribution in [1.82, 2.24) is 20.3 Å². The van der Waals surface area contributed by atoms with Crippen molar-refractivity contribution < 1.29 is 14.7 Å². The van der Waals surface area contributed by atoms with Crippen LogP contribution in [0.3, 0.4) is 0 Å². The van der Waals surface area contributed by atoms with Gasteiger partial charge < -0.3 is 10.4 Å². The average Bonchev–Trinajstić information content (AvgIpc) is 3.06. The SMILES string of the molecule is O=C(O)c1cn([C@@H]2CCCC[C@@H]2NC(=O)C2CCCSC2)nn1. The predicted octanol–water partition coefficient (Wildman–Crippen LogP) is 1.72. The first-order chi connectivity index (χ1) is 11.1. The maximum atomic E-state index is 12.5. The van der Waals surface area contributed by atoms with Gasteiger partial charge in [0.15, 0.2) is 5.69 Å². The van der Waals surface area contributed by atoms with Gasteiger partial charge in [-0.2, -0.15) is 11.8 Å². The predicted molar refractivity (Wildman–Crippen MR) is 86.5 cm³/mol. The van der Waals surface area contributed by atoms with E-state index in [1.165, 1.54) is 6.20 Å². The zero-order valence-electron chi connectivity index (χ0n) is 13.0. The lowest BCUT2D eigenvalue weighted by atomic mass is 9.89. The van der Waals surface area contributed by atoms with Crippen LogP contribution >= 0.6 is 11.8 Å². The molecule has 0 bridgehead atoms. The number of carbonyl (C=O) groups is 2. The number of hydrogen-bond donors (Lipinski definition) is 2. The Kier molecular flexibility index (Phi) is 5.20. The number of hydrogen-bond acceptors (Lipinski definition) is 5. The molecule has 8 heteroatoms. The van der Waals surface area contributed by atoms with Gasteiger partial charge in [0.05, 0.1) is 18.3 Å². The summed E-state index contributed by atoms with van der Waals surface area (Å²) < 4.78 is 1.61. The van der Waals surface area contributed by atoms with Crippen molar-refractivity contribution >= 4 is 23.6 Å². The zero-order valence-corrected chi connectivity index (χ0v) is 13.8. The smallest absolute Gasteiger partial charge is 0.358 e. The molecule has 2 aliphatic rings. The minimum Gasteiger partial charge on any atom is -0.476 e. The molecule has 1 aromatic rings. The average molecular weight is 338 g/mol. The molecule has 1 aliphatic heterocycles. The Hall–Kier alpha value is -1.57. The highest BCUT2D eigenvalue weighted by atomic mass is 32.2. The maximum absolute atomic E-state index is 12.5. The van der Waals surface area contributed by atoms with E-state index in [1.54, 1.807) is 4.68 Å². The van der Waals surface area contributed by atoms with Crippen LogP contribution < -0.4 is 5.32 Å². The first-order valence-corrected chi connectivity index (χ1v) is 9.34. The minimum absolute atomic E-state index is 0.00604. The normalized spacial score (nSPS) is 28.3. The van der Waals surface area contributed by atoms with E-state index < -0.39 is 5.97 Å². The Morgan fingerprint density at radius 3 is 2.78 bits per heavy atom. The van der Waals surface area contributed by atoms with E-state index in [-0.39, 0.29) is 29.6 Å². The molecule has 126 valence electrons. The number of rotatable bonds is 4. The Bertz CT molecular complexity index is 571. The summed E-state index contributed by atoms with van der Waals surface area (Å²) in [6, 6.07) is -0.00364. The number of carboxylic acids is 1. The number of carbonyl (C=O) groups excluding carboxylic acids is 1. The second kappa shape index (κ2) is 7.33. The van der Waals surface area contributed by atoms with E-state index >= 15 is 0 Å². The van der Waals surface area contributed by atoms with E-state index in [4.69, 9.17) is 5.11 Å². The van der Waals surface area contributed by atoms with Gasteiger partial charge in [-0.3, -0.25) is 4.79 Å². The highest BCUT2D eigenvalue weighted by molar-refractivity contribution is 7.99. The van der Waals surface area contributed by atoms with Gasteiger partial charge in [0.2, 0.25) is 5.91 Å². The van der Waals surface area contributed by atoms with Crippen molar-refractivity contribution in [3.05, 3.63) is 11.9 Å². The van der Waals surface area contributed by atoms with Crippen molar-refractivity contribution in [2.75, 3.05) is 11.5 Å². The molecule has 2 heterocycles. The molecule has 1 aliphatic carbocycles. The molecule has 1 saturated carbocycles. The Labute approximate surface area is 139 Å². The van der Waals surface area contributed by atoms with E-state index in [0.717, 1.165) is 50.0 Å². The van der Waals surface area contributed by atoms with E-state index in [9.17, 15) is 9.59 Å². The fourth-order valence-electron chi connectivity index (χ4n) is 3.38. The summed E-state index contributed by atoms with van der Waals surface area (Å²) in [5, 5.41) is 19.8. The van der Waals surface area contributed by atoms with Gasteiger partial charge in [-0.05, 0) is 31.4 Å². The minimum atomic E-state index is -1.08. The molecule has 1 unspecified atom stereocenters. The number of nitrogens with one attached hydrogen (secondary N) is 1. The molecule has 1 aromatic heterocycles. The van der Waals surface area contributed by atoms with Crippen LogP contribution in [0.2, 0.25) is 0 Å². The molecular weight excluding hydrogens is 316 g/mol. The summed E-state index contributed by atoms with van der Waals surface area (Å²) in [4.78, 5) is 23.5. The molecule has 0 aromatic carbocycles. The lowest BCUT2D eigenvalue weighted by molar-refractivity contribution is -0.125. The number of carboxylic acid groups (broad SMARTS) is 1. The van der Waals surface area contributed by atoms with Crippen LogP contribution in [0.15, 0.2) is 6.20 Å². The lowest BCUT2D eigenvalue weighted by Crippen LogP contribution is -2.46. The quantitative estimate of drug-likeness (QED) is 0.867. The van der Waals surface area contributed by atoms with Gasteiger partial charge in [0.1, 0.15) is 0 Å². The van der Waals surface area contributed by atoms with Gasteiger partial charge in [-0.25, -0.2) is 9.48 Å². The highest BCUT2D eigenvalue weighted by Crippen LogP contribution is 2.29. The third-order valence-corrected chi connectivity index (χ3v) is 5.87. The molecular formula is C15H22N4O3S. The van der Waals surface area contributed by atoms with E-state index in [1.807, 2.05) is 11.8 Å². The number of aromatic nitrogens is 3. The third kappa shape index (κ3) is 3.85. The van der Waals surface area contributed by atoms with Crippen molar-refractivity contribution in [1.29, 1.82) is 0 Å². The van der Waals surface area contributed by atoms with Crippen LogP contribution in [-0.2, 0) is 4.79 Å². The molecule has 3 atom stereocenters. The van der Waals surface area contributed by atoms with Crippen LogP contribution in [-0.4, -0.2) is 49.5 Å². The van der Waals surface area contributed by atoms with Gasteiger partial charge >= 0.3 is 5.97 Å². The second-order valence-corrected chi connectivity index (χ2v) is 7.42. The molecule has 2 fully saturated rings. The summed E-state index contributed by atoms with van der Waals surface area (Å²) >= 11 is 1.84. The molecule has 23 heavy (non-hydrogen) atoms. The van der Waals surface area contributed by atoms with Crippen molar-refractivity contribution in [2.24, 2.45) is 5.92 Å². The number of nitrogens with zero attached hydrogens (tertiary/aromatic N) is 3. The third-order valence-electron chi connectivity index (χ3n) is 4.66. The standard InChI is InChI=1S/C15H22N4O3S/c20-14(10-4-3-7-23-9-10)16-11-5-1-2-6-13(11)19-8-12(15(21)22)17-18-19/h8,10-11,13H,1-7,9H2,(H,16,20)(H,21,22)/t10?,11-,13+/m0/s1. The van der Waals surface area contributed by atoms with Gasteiger partial charge in [-0.15, -0.1) is 5.10 Å². The zero-order chi connectivity index (χ0) is 16.2. The fourth-order valence-corrected chi connectivity index (χ4v) is 4.52. The Morgan fingerprint density at radius 1 is 1.26 bits per heavy atom. The van der Waals surface area contributed by atoms with Crippen molar-refractivity contribution in [3.8, 4) is 0 Å². The van der Waals surface area contributed by atoms with Gasteiger partial charge in [0.25, 0.3) is 0 Å². The largest absolute Gasteiger partial charge is 0.476 e. The summed E-state index contributed by atoms with van der Waals surface area (Å²) in [6.45, 7) is 0. The summed E-state index contributed by atoms with van der Waals surface area (Å²) in [5.41, 5.74) is -0.0515. The molecule has 7 nitrogen and oxygen atoms in total. The molecule has 3 rings (SSSR count). The van der Waals surface area contributed by atoms with Crippen LogP contribution in [0.5, 0.6) is 0 Å². The molecule has 2 N–H and O–H groups in total. The maximum Gasteiger partial charge on any atom is 0.358 e. The number of aromatic carboxylic acids is 1. The second-order valence-electron chi connectivity index (χ2n) is 6.27. The summed E-state index contributed by atoms with van der Waals surface area (Å²) in [6.07, 6.45) is 7.43. The van der Waals surface area contributed by atoms with Gasteiger partial charge in [0, 0.05) is 11.7 Å². The Morgan fingerprint density at radius 2 is 2.09 bits per heavy atom. The highest BCUT2D eigenvalue weighted by Gasteiger charge is 2.31. The first-order valence-electron chi connectivity index (χ1n) is 8.18. The summed E-state index contributed by atoms with van der Waals surface area (Å²) in [7, 11) is 0. The fraction of sp³-hybridized carbons (Fsp3) is 0.733. The number of amides is 1.